The lowest BCUT2D eigenvalue weighted by Gasteiger charge is -2.24. The van der Waals surface area contributed by atoms with Gasteiger partial charge in [0.05, 0.1) is 6.54 Å². The Balaban J connectivity index is 1.93. The van der Waals surface area contributed by atoms with Crippen LogP contribution in [0, 0.1) is 6.92 Å². The predicted octanol–water partition coefficient (Wildman–Crippen LogP) is 2.39. The number of nitrogens with zero attached hydrogens (tertiary/aromatic N) is 1. The number of hydrogen-bond acceptors (Lipinski definition) is 4. The number of benzene rings is 1. The van der Waals surface area contributed by atoms with Crippen LogP contribution in [0.25, 0.3) is 0 Å². The molecule has 1 saturated heterocycles. The van der Waals surface area contributed by atoms with Gasteiger partial charge < -0.3 is 5.32 Å². The Morgan fingerprint density at radius 2 is 2.04 bits per heavy atom. The Kier molecular flexibility index (Phi) is 5.48. The molecule has 128 valence electrons. The molecular formula is C17H20ClN3O2S. The maximum atomic E-state index is 12.0. The van der Waals surface area contributed by atoms with Gasteiger partial charge in [-0.1, -0.05) is 11.6 Å². The van der Waals surface area contributed by atoms with E-state index in [9.17, 15) is 9.59 Å². The van der Waals surface area contributed by atoms with Crippen molar-refractivity contribution in [2.24, 2.45) is 0 Å². The first kappa shape index (κ1) is 17.3. The number of piperidine rings is 1. The zero-order valence-corrected chi connectivity index (χ0v) is 15.0. The van der Waals surface area contributed by atoms with Gasteiger partial charge in [-0.2, -0.15) is 0 Å². The molecule has 7 heteroatoms. The SMILES string of the molecule is Cc1cc(Cl)cc(Cn2ccc(=O)[nH]c2=O)c1SC1CCNCC1. The summed E-state index contributed by atoms with van der Waals surface area (Å²) in [5, 5.41) is 4.61. The second-order valence-corrected chi connectivity index (χ2v) is 7.76. The molecule has 0 atom stereocenters. The topological polar surface area (TPSA) is 66.9 Å². The van der Waals surface area contributed by atoms with Crippen LogP contribution in [0.1, 0.15) is 24.0 Å². The number of H-pyrrole nitrogens is 1. The Labute approximate surface area is 149 Å². The van der Waals surface area contributed by atoms with Crippen LogP contribution in [0.4, 0.5) is 0 Å². The van der Waals surface area contributed by atoms with E-state index in [1.54, 1.807) is 0 Å². The van der Waals surface area contributed by atoms with Crippen LogP contribution in [0.15, 0.2) is 38.9 Å². The number of hydrogen-bond donors (Lipinski definition) is 2. The second kappa shape index (κ2) is 7.59. The van der Waals surface area contributed by atoms with Crippen LogP contribution in [0.3, 0.4) is 0 Å². The molecule has 0 amide bonds. The molecule has 0 radical (unpaired) electrons. The molecule has 1 aromatic carbocycles. The maximum Gasteiger partial charge on any atom is 0.328 e. The van der Waals surface area contributed by atoms with Crippen LogP contribution in [-0.2, 0) is 6.54 Å². The van der Waals surface area contributed by atoms with Crippen molar-refractivity contribution in [1.29, 1.82) is 0 Å². The van der Waals surface area contributed by atoms with Crippen LogP contribution >= 0.6 is 23.4 Å². The van der Waals surface area contributed by atoms with Gasteiger partial charge in [-0.25, -0.2) is 4.79 Å². The quantitative estimate of drug-likeness (QED) is 0.873. The molecule has 1 aliphatic rings. The van der Waals surface area contributed by atoms with E-state index in [-0.39, 0.29) is 5.56 Å². The van der Waals surface area contributed by atoms with Gasteiger partial charge in [-0.3, -0.25) is 14.3 Å². The summed E-state index contributed by atoms with van der Waals surface area (Å²) in [7, 11) is 0. The third-order valence-corrected chi connectivity index (χ3v) is 5.97. The molecule has 24 heavy (non-hydrogen) atoms. The third-order valence-electron chi connectivity index (χ3n) is 4.12. The van der Waals surface area contributed by atoms with Crippen molar-refractivity contribution in [3.05, 3.63) is 61.4 Å². The first-order valence-electron chi connectivity index (χ1n) is 7.99. The molecule has 0 unspecified atom stereocenters. The molecule has 1 aliphatic heterocycles. The van der Waals surface area contributed by atoms with Gasteiger partial charge in [0.15, 0.2) is 0 Å². The molecule has 0 spiro atoms. The Morgan fingerprint density at radius 1 is 1.29 bits per heavy atom. The van der Waals surface area contributed by atoms with E-state index in [1.807, 2.05) is 23.9 Å². The highest BCUT2D eigenvalue weighted by atomic mass is 35.5. The Bertz CT molecular complexity index is 840. The highest BCUT2D eigenvalue weighted by molar-refractivity contribution is 8.00. The summed E-state index contributed by atoms with van der Waals surface area (Å²) < 4.78 is 1.50. The first-order valence-corrected chi connectivity index (χ1v) is 9.25. The van der Waals surface area contributed by atoms with E-state index in [4.69, 9.17) is 11.6 Å². The molecule has 2 heterocycles. The van der Waals surface area contributed by atoms with Crippen molar-refractivity contribution in [2.45, 2.75) is 36.5 Å². The van der Waals surface area contributed by atoms with Crippen LogP contribution in [-0.4, -0.2) is 27.9 Å². The molecular weight excluding hydrogens is 346 g/mol. The fourth-order valence-corrected chi connectivity index (χ4v) is 4.54. The summed E-state index contributed by atoms with van der Waals surface area (Å²) in [6.45, 7) is 4.52. The minimum atomic E-state index is -0.405. The molecule has 0 saturated carbocycles. The van der Waals surface area contributed by atoms with Crippen molar-refractivity contribution in [1.82, 2.24) is 14.9 Å². The number of aromatic nitrogens is 2. The van der Waals surface area contributed by atoms with E-state index >= 15 is 0 Å². The van der Waals surface area contributed by atoms with Gasteiger partial charge in [0.2, 0.25) is 0 Å². The standard InChI is InChI=1S/C17H20ClN3O2S/c1-11-8-13(18)9-12(10-21-7-4-15(22)20-17(21)23)16(11)24-14-2-5-19-6-3-14/h4,7-9,14,19H,2-3,5-6,10H2,1H3,(H,20,22,23). The first-order chi connectivity index (χ1) is 11.5. The van der Waals surface area contributed by atoms with Crippen molar-refractivity contribution >= 4 is 23.4 Å². The van der Waals surface area contributed by atoms with Crippen molar-refractivity contribution in [2.75, 3.05) is 13.1 Å². The molecule has 0 aliphatic carbocycles. The van der Waals surface area contributed by atoms with Crippen LogP contribution < -0.4 is 16.6 Å². The largest absolute Gasteiger partial charge is 0.328 e. The monoisotopic (exact) mass is 365 g/mol. The van der Waals surface area contributed by atoms with E-state index in [1.165, 1.54) is 21.7 Å². The fourth-order valence-electron chi connectivity index (χ4n) is 2.92. The number of rotatable bonds is 4. The maximum absolute atomic E-state index is 12.0. The van der Waals surface area contributed by atoms with Gasteiger partial charge in [0, 0.05) is 27.4 Å². The highest BCUT2D eigenvalue weighted by Crippen LogP contribution is 2.35. The minimum Gasteiger partial charge on any atom is -0.317 e. The molecule has 1 fully saturated rings. The van der Waals surface area contributed by atoms with Gasteiger partial charge in [0.1, 0.15) is 0 Å². The average molecular weight is 366 g/mol. The molecule has 1 aromatic heterocycles. The summed E-state index contributed by atoms with van der Waals surface area (Å²) >= 11 is 8.10. The summed E-state index contributed by atoms with van der Waals surface area (Å²) in [6, 6.07) is 5.23. The number of aryl methyl sites for hydroxylation is 1. The number of nitrogens with one attached hydrogen (secondary N) is 2. The van der Waals surface area contributed by atoms with Gasteiger partial charge >= 0.3 is 5.69 Å². The Hall–Kier alpha value is -1.50. The molecule has 2 aromatic rings. The van der Waals surface area contributed by atoms with Gasteiger partial charge in [-0.05, 0) is 56.1 Å². The summed E-state index contributed by atoms with van der Waals surface area (Å²) in [4.78, 5) is 26.7. The summed E-state index contributed by atoms with van der Waals surface area (Å²) in [5.41, 5.74) is 1.34. The lowest BCUT2D eigenvalue weighted by Crippen LogP contribution is -2.30. The minimum absolute atomic E-state index is 0.386. The average Bonchev–Trinajstić information content (AvgIpc) is 2.54. The normalized spacial score (nSPS) is 15.6. The van der Waals surface area contributed by atoms with Gasteiger partial charge in [0.25, 0.3) is 5.56 Å². The van der Waals surface area contributed by atoms with E-state index in [0.717, 1.165) is 37.1 Å². The number of aromatic amines is 1. The second-order valence-electron chi connectivity index (χ2n) is 6.02. The van der Waals surface area contributed by atoms with E-state index < -0.39 is 5.69 Å². The number of halogens is 1. The Morgan fingerprint density at radius 3 is 2.75 bits per heavy atom. The summed E-state index contributed by atoms with van der Waals surface area (Å²) in [5.74, 6) is 0. The molecule has 5 nitrogen and oxygen atoms in total. The van der Waals surface area contributed by atoms with Crippen molar-refractivity contribution < 1.29 is 0 Å². The third kappa shape index (κ3) is 4.12. The van der Waals surface area contributed by atoms with Crippen LogP contribution in [0.2, 0.25) is 5.02 Å². The zero-order chi connectivity index (χ0) is 17.1. The van der Waals surface area contributed by atoms with Crippen LogP contribution in [0.5, 0.6) is 0 Å². The molecule has 0 bridgehead atoms. The summed E-state index contributed by atoms with van der Waals surface area (Å²) in [6.07, 6.45) is 3.78. The lowest BCUT2D eigenvalue weighted by molar-refractivity contribution is 0.531. The van der Waals surface area contributed by atoms with Crippen molar-refractivity contribution in [3.63, 3.8) is 0 Å². The van der Waals surface area contributed by atoms with E-state index in [0.29, 0.717) is 16.8 Å². The fraction of sp³-hybridized carbons (Fsp3) is 0.412. The highest BCUT2D eigenvalue weighted by Gasteiger charge is 2.18. The molecule has 2 N–H and O–H groups in total. The number of thioether (sulfide) groups is 1. The predicted molar refractivity (Wildman–Crippen MR) is 98.4 cm³/mol. The smallest absolute Gasteiger partial charge is 0.317 e. The lowest BCUT2D eigenvalue weighted by atomic mass is 10.1. The zero-order valence-electron chi connectivity index (χ0n) is 13.5. The van der Waals surface area contributed by atoms with E-state index in [2.05, 4.69) is 17.2 Å². The molecule has 3 rings (SSSR count). The van der Waals surface area contributed by atoms with Gasteiger partial charge in [-0.15, -0.1) is 11.8 Å². The van der Waals surface area contributed by atoms with Crippen molar-refractivity contribution in [3.8, 4) is 0 Å².